The van der Waals surface area contributed by atoms with Gasteiger partial charge in [-0.25, -0.2) is 4.98 Å². The van der Waals surface area contributed by atoms with E-state index in [0.717, 1.165) is 23.4 Å². The molecule has 2 heterocycles. The highest BCUT2D eigenvalue weighted by Gasteiger charge is 2.13. The van der Waals surface area contributed by atoms with Crippen LogP contribution in [0.25, 0.3) is 10.2 Å². The predicted molar refractivity (Wildman–Crippen MR) is 92.5 cm³/mol. The number of aromatic amines is 1. The molecule has 3 rings (SSSR count). The fraction of sp³-hybridized carbons (Fsp3) is 0.250. The molecular weight excluding hydrogens is 334 g/mol. The lowest BCUT2D eigenvalue weighted by Gasteiger charge is -2.15. The van der Waals surface area contributed by atoms with Crippen molar-refractivity contribution in [3.8, 4) is 5.75 Å². The summed E-state index contributed by atoms with van der Waals surface area (Å²) in [6.07, 6.45) is 0. The van der Waals surface area contributed by atoms with Gasteiger partial charge in [0.25, 0.3) is 5.56 Å². The number of halogens is 1. The summed E-state index contributed by atoms with van der Waals surface area (Å²) in [5.74, 6) is 1.49. The van der Waals surface area contributed by atoms with Gasteiger partial charge in [-0.15, -0.1) is 11.3 Å². The lowest BCUT2D eigenvalue weighted by atomic mass is 10.2. The number of aromatic nitrogens is 2. The molecule has 3 aromatic rings. The van der Waals surface area contributed by atoms with Crippen molar-refractivity contribution in [3.05, 3.63) is 56.4 Å². The number of methoxy groups -OCH3 is 1. The molecule has 0 amide bonds. The maximum atomic E-state index is 12.0. The molecule has 0 radical (unpaired) electrons. The maximum absolute atomic E-state index is 12.0. The molecule has 5 nitrogen and oxygen atoms in total. The van der Waals surface area contributed by atoms with Crippen molar-refractivity contribution < 1.29 is 9.64 Å². The first-order chi connectivity index (χ1) is 11.1. The number of benzene rings is 1. The van der Waals surface area contributed by atoms with Crippen molar-refractivity contribution in [1.29, 1.82) is 0 Å². The Balaban J connectivity index is 1.79. The van der Waals surface area contributed by atoms with Crippen LogP contribution in [0.4, 0.5) is 0 Å². The van der Waals surface area contributed by atoms with E-state index in [1.165, 1.54) is 16.2 Å². The molecule has 1 aromatic carbocycles. The van der Waals surface area contributed by atoms with Gasteiger partial charge in [-0.05, 0) is 29.6 Å². The van der Waals surface area contributed by atoms with Crippen LogP contribution in [0.5, 0.6) is 5.75 Å². The minimum atomic E-state index is -0.0758. The second kappa shape index (κ2) is 6.70. The predicted octanol–water partition coefficient (Wildman–Crippen LogP) is 1.86. The summed E-state index contributed by atoms with van der Waals surface area (Å²) in [5.41, 5.74) is 1.70. The van der Waals surface area contributed by atoms with Crippen LogP contribution >= 0.6 is 22.9 Å². The number of hydrogen-bond donors (Lipinski definition) is 2. The SMILES string of the molecule is COc1ccc(Cl)cc1C[NH+](C)Cc1nc2ccsc2c(=O)[nH]1. The first kappa shape index (κ1) is 16.0. The third-order valence-electron chi connectivity index (χ3n) is 3.57. The van der Waals surface area contributed by atoms with Crippen LogP contribution in [0.15, 0.2) is 34.4 Å². The number of hydrogen-bond acceptors (Lipinski definition) is 4. The molecule has 0 saturated heterocycles. The number of fused-ring (bicyclic) bond motifs is 1. The Labute approximate surface area is 142 Å². The van der Waals surface area contributed by atoms with Gasteiger partial charge in [-0.2, -0.15) is 0 Å². The van der Waals surface area contributed by atoms with Crippen LogP contribution in [0.3, 0.4) is 0 Å². The Bertz CT molecular complexity index is 890. The summed E-state index contributed by atoms with van der Waals surface area (Å²) in [6.45, 7) is 1.33. The molecule has 0 aliphatic carbocycles. The van der Waals surface area contributed by atoms with Crippen LogP contribution in [0, 0.1) is 0 Å². The van der Waals surface area contributed by atoms with Crippen molar-refractivity contribution in [1.82, 2.24) is 9.97 Å². The van der Waals surface area contributed by atoms with Crippen LogP contribution in [-0.4, -0.2) is 24.1 Å². The van der Waals surface area contributed by atoms with Crippen molar-refractivity contribution in [2.24, 2.45) is 0 Å². The number of ether oxygens (including phenoxy) is 1. The highest BCUT2D eigenvalue weighted by atomic mass is 35.5. The molecule has 0 aliphatic rings. The lowest BCUT2D eigenvalue weighted by Crippen LogP contribution is -3.06. The quantitative estimate of drug-likeness (QED) is 0.738. The zero-order valence-electron chi connectivity index (χ0n) is 12.9. The van der Waals surface area contributed by atoms with E-state index in [2.05, 4.69) is 9.97 Å². The van der Waals surface area contributed by atoms with Gasteiger partial charge >= 0.3 is 0 Å². The smallest absolute Gasteiger partial charge is 0.269 e. The van der Waals surface area contributed by atoms with Gasteiger partial charge in [0.05, 0.1) is 19.7 Å². The number of quaternary nitrogens is 1. The Morgan fingerprint density at radius 2 is 2.17 bits per heavy atom. The first-order valence-corrected chi connectivity index (χ1v) is 8.42. The third-order valence-corrected chi connectivity index (χ3v) is 4.71. The number of thiophene rings is 1. The summed E-state index contributed by atoms with van der Waals surface area (Å²) >= 11 is 7.47. The van der Waals surface area contributed by atoms with Gasteiger partial charge in [-0.1, -0.05) is 11.6 Å². The largest absolute Gasteiger partial charge is 0.496 e. The Hall–Kier alpha value is -1.89. The monoisotopic (exact) mass is 350 g/mol. The second-order valence-corrected chi connectivity index (χ2v) is 6.77. The van der Waals surface area contributed by atoms with Gasteiger partial charge in [0.1, 0.15) is 23.5 Å². The van der Waals surface area contributed by atoms with E-state index in [1.54, 1.807) is 7.11 Å². The van der Waals surface area contributed by atoms with Crippen LogP contribution in [0.1, 0.15) is 11.4 Å². The summed E-state index contributed by atoms with van der Waals surface area (Å²) in [5, 5.41) is 2.56. The van der Waals surface area contributed by atoms with E-state index in [9.17, 15) is 4.79 Å². The number of rotatable bonds is 5. The molecule has 0 saturated carbocycles. The summed E-state index contributed by atoms with van der Waals surface area (Å²) in [6, 6.07) is 7.45. The highest BCUT2D eigenvalue weighted by molar-refractivity contribution is 7.17. The summed E-state index contributed by atoms with van der Waals surface area (Å²) in [7, 11) is 3.68. The minimum absolute atomic E-state index is 0.0758. The molecule has 7 heteroatoms. The van der Waals surface area contributed by atoms with E-state index in [-0.39, 0.29) is 5.56 Å². The molecule has 120 valence electrons. The third kappa shape index (κ3) is 3.55. The van der Waals surface area contributed by atoms with E-state index in [0.29, 0.717) is 22.1 Å². The number of nitrogens with one attached hydrogen (secondary N) is 2. The maximum Gasteiger partial charge on any atom is 0.269 e. The van der Waals surface area contributed by atoms with Crippen LogP contribution < -0.4 is 15.2 Å². The number of H-pyrrole nitrogens is 1. The van der Waals surface area contributed by atoms with Gasteiger partial charge in [0, 0.05) is 10.6 Å². The number of nitrogens with zero attached hydrogens (tertiary/aromatic N) is 1. The van der Waals surface area contributed by atoms with Crippen molar-refractivity contribution >= 4 is 33.2 Å². The highest BCUT2D eigenvalue weighted by Crippen LogP contribution is 2.21. The molecule has 0 aliphatic heterocycles. The van der Waals surface area contributed by atoms with Gasteiger partial charge in [0.2, 0.25) is 0 Å². The molecule has 1 unspecified atom stereocenters. The van der Waals surface area contributed by atoms with Gasteiger partial charge < -0.3 is 14.6 Å². The van der Waals surface area contributed by atoms with Crippen molar-refractivity contribution in [3.63, 3.8) is 0 Å². The summed E-state index contributed by atoms with van der Waals surface area (Å²) < 4.78 is 6.04. The molecule has 0 spiro atoms. The zero-order chi connectivity index (χ0) is 16.4. The Morgan fingerprint density at radius 3 is 2.96 bits per heavy atom. The first-order valence-electron chi connectivity index (χ1n) is 7.17. The zero-order valence-corrected chi connectivity index (χ0v) is 14.4. The molecule has 0 fully saturated rings. The Morgan fingerprint density at radius 1 is 1.35 bits per heavy atom. The van der Waals surface area contributed by atoms with Crippen LogP contribution in [-0.2, 0) is 13.1 Å². The van der Waals surface area contributed by atoms with Gasteiger partial charge in [0.15, 0.2) is 5.82 Å². The van der Waals surface area contributed by atoms with Crippen LogP contribution in [0.2, 0.25) is 5.02 Å². The summed E-state index contributed by atoms with van der Waals surface area (Å²) in [4.78, 5) is 20.6. The van der Waals surface area contributed by atoms with Crippen molar-refractivity contribution in [2.45, 2.75) is 13.1 Å². The second-order valence-electron chi connectivity index (χ2n) is 5.41. The fourth-order valence-electron chi connectivity index (χ4n) is 2.56. The normalized spacial score (nSPS) is 12.5. The molecule has 2 N–H and O–H groups in total. The van der Waals surface area contributed by atoms with E-state index in [4.69, 9.17) is 16.3 Å². The topological polar surface area (TPSA) is 59.4 Å². The van der Waals surface area contributed by atoms with Crippen molar-refractivity contribution in [2.75, 3.05) is 14.2 Å². The van der Waals surface area contributed by atoms with E-state index < -0.39 is 0 Å². The molecule has 1 atom stereocenters. The molecular formula is C16H17ClN3O2S+. The van der Waals surface area contributed by atoms with Gasteiger partial charge in [-0.3, -0.25) is 4.79 Å². The lowest BCUT2D eigenvalue weighted by molar-refractivity contribution is -0.908. The molecule has 0 bridgehead atoms. The minimum Gasteiger partial charge on any atom is -0.496 e. The van der Waals surface area contributed by atoms with E-state index in [1.807, 2.05) is 36.7 Å². The van der Waals surface area contributed by atoms with E-state index >= 15 is 0 Å². The fourth-order valence-corrected chi connectivity index (χ4v) is 3.48. The average molecular weight is 351 g/mol. The average Bonchev–Trinajstić information content (AvgIpc) is 2.96. The Kier molecular flexibility index (Phi) is 4.66. The standard InChI is InChI=1S/C16H16ClN3O2S/c1-20(8-10-7-11(17)3-4-13(10)22-2)9-14-18-12-5-6-23-15(12)16(21)19-14/h3-7H,8-9H2,1-2H3,(H,18,19,21)/p+1. The molecule has 2 aromatic heterocycles. The molecule has 23 heavy (non-hydrogen) atoms.